The Morgan fingerprint density at radius 2 is 1.74 bits per heavy atom. The third kappa shape index (κ3) is 4.64. The van der Waals surface area contributed by atoms with Gasteiger partial charge in [-0.3, -0.25) is 9.78 Å². The molecule has 31 heavy (non-hydrogen) atoms. The lowest BCUT2D eigenvalue weighted by molar-refractivity contribution is 0.580. The van der Waals surface area contributed by atoms with Gasteiger partial charge >= 0.3 is 0 Å². The first-order valence-electron chi connectivity index (χ1n) is 10.3. The second-order valence-electron chi connectivity index (χ2n) is 7.28. The van der Waals surface area contributed by atoms with E-state index in [4.69, 9.17) is 5.10 Å². The molecule has 158 valence electrons. The predicted molar refractivity (Wildman–Crippen MR) is 117 cm³/mol. The van der Waals surface area contributed by atoms with Crippen molar-refractivity contribution in [3.05, 3.63) is 87.9 Å². The molecule has 0 aliphatic heterocycles. The van der Waals surface area contributed by atoms with E-state index in [1.165, 1.54) is 11.3 Å². The number of imidazole rings is 2. The molecule has 0 fully saturated rings. The number of nitrogens with zero attached hydrogens (tertiary/aromatic N) is 6. The first-order valence-corrected chi connectivity index (χ1v) is 11.1. The Bertz CT molecular complexity index is 1170. The summed E-state index contributed by atoms with van der Waals surface area (Å²) in [6.45, 7) is 0.778. The zero-order valence-corrected chi connectivity index (χ0v) is 17.8. The summed E-state index contributed by atoms with van der Waals surface area (Å²) in [4.78, 5) is 19.7. The van der Waals surface area contributed by atoms with Crippen LogP contribution >= 0.6 is 11.3 Å². The number of nitrogens with one attached hydrogen (secondary N) is 3. The van der Waals surface area contributed by atoms with Gasteiger partial charge < -0.3 is 9.97 Å². The van der Waals surface area contributed by atoms with E-state index < -0.39 is 0 Å². The van der Waals surface area contributed by atoms with Crippen molar-refractivity contribution in [1.82, 2.24) is 44.9 Å². The molecule has 10 heteroatoms. The van der Waals surface area contributed by atoms with E-state index in [9.17, 15) is 0 Å². The number of H-pyrrole nitrogens is 3. The highest BCUT2D eigenvalue weighted by Crippen LogP contribution is 2.22. The number of aromatic nitrogens is 9. The lowest BCUT2D eigenvalue weighted by atomic mass is 10.0. The Labute approximate surface area is 183 Å². The third-order valence-electron chi connectivity index (χ3n) is 5.24. The van der Waals surface area contributed by atoms with Crippen LogP contribution in [0.5, 0.6) is 0 Å². The van der Waals surface area contributed by atoms with Crippen LogP contribution in [0.3, 0.4) is 0 Å². The predicted octanol–water partition coefficient (Wildman–Crippen LogP) is 2.72. The summed E-state index contributed by atoms with van der Waals surface area (Å²) in [7, 11) is 0. The molecule has 0 amide bonds. The van der Waals surface area contributed by atoms with Gasteiger partial charge in [0.05, 0.1) is 10.7 Å². The number of aromatic amines is 3. The second kappa shape index (κ2) is 9.09. The Kier molecular flexibility index (Phi) is 5.70. The van der Waals surface area contributed by atoms with Crippen molar-refractivity contribution in [2.75, 3.05) is 0 Å². The van der Waals surface area contributed by atoms with E-state index in [0.29, 0.717) is 12.8 Å². The summed E-state index contributed by atoms with van der Waals surface area (Å²) in [6.07, 6.45) is 14.9. The highest BCUT2D eigenvalue weighted by atomic mass is 32.1. The maximum Gasteiger partial charge on any atom is 0.112 e. The maximum absolute atomic E-state index is 5.04. The zero-order valence-electron chi connectivity index (χ0n) is 17.0. The number of aryl methyl sites for hydroxylation is 3. The summed E-state index contributed by atoms with van der Waals surface area (Å²) in [5.74, 6) is 1.91. The van der Waals surface area contributed by atoms with Gasteiger partial charge in [-0.15, -0.1) is 11.3 Å². The Balaban J connectivity index is 1.49. The maximum atomic E-state index is 5.04. The van der Waals surface area contributed by atoms with E-state index in [1.807, 2.05) is 30.0 Å². The third-order valence-corrected chi connectivity index (χ3v) is 6.08. The molecular weight excluding hydrogens is 410 g/mol. The van der Waals surface area contributed by atoms with Crippen LogP contribution in [-0.2, 0) is 38.6 Å². The van der Waals surface area contributed by atoms with E-state index >= 15 is 0 Å². The van der Waals surface area contributed by atoms with Gasteiger partial charge in [0.25, 0.3) is 0 Å². The summed E-state index contributed by atoms with van der Waals surface area (Å²) in [6, 6.07) is 2.00. The van der Waals surface area contributed by atoms with Crippen LogP contribution in [0.15, 0.2) is 48.6 Å². The molecule has 9 nitrogen and oxygen atoms in total. The van der Waals surface area contributed by atoms with Crippen LogP contribution in [-0.4, -0.2) is 44.9 Å². The molecule has 0 saturated carbocycles. The monoisotopic (exact) mass is 433 g/mol. The molecule has 5 heterocycles. The van der Waals surface area contributed by atoms with Crippen LogP contribution in [0, 0.1) is 0 Å². The molecule has 0 aromatic carbocycles. The van der Waals surface area contributed by atoms with Crippen molar-refractivity contribution in [3.8, 4) is 0 Å². The fourth-order valence-corrected chi connectivity index (χ4v) is 4.38. The summed E-state index contributed by atoms with van der Waals surface area (Å²) in [5.41, 5.74) is 4.55. The van der Waals surface area contributed by atoms with E-state index in [-0.39, 0.29) is 0 Å². The molecule has 0 atom stereocenters. The fourth-order valence-electron chi connectivity index (χ4n) is 3.78. The minimum Gasteiger partial charge on any atom is -0.349 e. The van der Waals surface area contributed by atoms with E-state index in [0.717, 1.165) is 53.9 Å². The van der Waals surface area contributed by atoms with Gasteiger partial charge in [0.1, 0.15) is 11.6 Å². The van der Waals surface area contributed by atoms with Gasteiger partial charge in [-0.25, -0.2) is 15.0 Å². The molecular formula is C21H23N9S. The van der Waals surface area contributed by atoms with Crippen molar-refractivity contribution in [1.29, 1.82) is 0 Å². The molecule has 0 aliphatic rings. The average Bonchev–Trinajstić information content (AvgIpc) is 3.59. The quantitative estimate of drug-likeness (QED) is 0.313. The molecule has 5 aromatic heterocycles. The van der Waals surface area contributed by atoms with E-state index in [1.54, 1.807) is 29.9 Å². The lowest BCUT2D eigenvalue weighted by Crippen LogP contribution is -2.10. The van der Waals surface area contributed by atoms with E-state index in [2.05, 4.69) is 39.8 Å². The SMILES string of the molecule is c1cc(Cc2nn(CCc3nccs3)c(Cc3ncc[nH]3)c2CCc2ncc[nH]2)[nH]n1. The zero-order chi connectivity index (χ0) is 20.9. The molecule has 0 spiro atoms. The molecule has 0 aliphatic carbocycles. The molecule has 5 aromatic rings. The Morgan fingerprint density at radius 1 is 0.871 bits per heavy atom. The topological polar surface area (TPSA) is 117 Å². The standard InChI is InChI=1S/C21H23N9S/c1(2-19-22-6-7-23-19)16-17(13-15-3-5-27-28-15)29-30(11-4-21-26-10-12-31-21)18(16)14-20-24-8-9-25-20/h3,5-10,12H,1-2,4,11,13-14H2,(H,22,23)(H,24,25)(H,27,28). The van der Waals surface area contributed by atoms with Gasteiger partial charge in [0.15, 0.2) is 0 Å². The van der Waals surface area contributed by atoms with Crippen LogP contribution < -0.4 is 0 Å². The number of hydrogen-bond acceptors (Lipinski definition) is 6. The molecule has 5 rings (SSSR count). The normalized spacial score (nSPS) is 11.4. The highest BCUT2D eigenvalue weighted by molar-refractivity contribution is 7.09. The summed E-state index contributed by atoms with van der Waals surface area (Å²) >= 11 is 1.68. The lowest BCUT2D eigenvalue weighted by Gasteiger charge is -2.08. The van der Waals surface area contributed by atoms with Crippen LogP contribution in [0.2, 0.25) is 0 Å². The van der Waals surface area contributed by atoms with Gasteiger partial charge in [-0.1, -0.05) is 0 Å². The second-order valence-corrected chi connectivity index (χ2v) is 8.26. The van der Waals surface area contributed by atoms with Crippen molar-refractivity contribution in [2.45, 2.75) is 38.6 Å². The van der Waals surface area contributed by atoms with Gasteiger partial charge in [-0.05, 0) is 18.1 Å². The summed E-state index contributed by atoms with van der Waals surface area (Å²) in [5, 5.41) is 15.3. The van der Waals surface area contributed by atoms with Gasteiger partial charge in [0.2, 0.25) is 0 Å². The summed E-state index contributed by atoms with van der Waals surface area (Å²) < 4.78 is 2.13. The fraction of sp³-hybridized carbons (Fsp3) is 0.286. The van der Waals surface area contributed by atoms with Crippen LogP contribution in [0.4, 0.5) is 0 Å². The first kappa shape index (κ1) is 19.4. The molecule has 0 unspecified atom stereocenters. The first-order chi connectivity index (χ1) is 15.3. The van der Waals surface area contributed by atoms with Gasteiger partial charge in [0, 0.05) is 86.2 Å². The highest BCUT2D eigenvalue weighted by Gasteiger charge is 2.20. The molecule has 0 radical (unpaired) electrons. The van der Waals surface area contributed by atoms with Crippen molar-refractivity contribution >= 4 is 11.3 Å². The molecule has 3 N–H and O–H groups in total. The Hall–Kier alpha value is -3.53. The number of rotatable bonds is 10. The van der Waals surface area contributed by atoms with Gasteiger partial charge in [-0.2, -0.15) is 10.2 Å². The minimum absolute atomic E-state index is 0.703. The number of thiazole rings is 1. The smallest absolute Gasteiger partial charge is 0.112 e. The number of hydrogen-bond donors (Lipinski definition) is 3. The van der Waals surface area contributed by atoms with Crippen molar-refractivity contribution < 1.29 is 0 Å². The average molecular weight is 434 g/mol. The van der Waals surface area contributed by atoms with Crippen molar-refractivity contribution in [2.24, 2.45) is 0 Å². The molecule has 0 bridgehead atoms. The minimum atomic E-state index is 0.703. The van der Waals surface area contributed by atoms with Crippen LogP contribution in [0.1, 0.15) is 39.3 Å². The van der Waals surface area contributed by atoms with Crippen LogP contribution in [0.25, 0.3) is 0 Å². The largest absolute Gasteiger partial charge is 0.349 e. The Morgan fingerprint density at radius 3 is 2.45 bits per heavy atom. The van der Waals surface area contributed by atoms with Crippen molar-refractivity contribution in [3.63, 3.8) is 0 Å². The molecule has 0 saturated heterocycles.